The molecule has 2 rings (SSSR count). The molecule has 0 fully saturated rings. The van der Waals surface area contributed by atoms with Gasteiger partial charge in [-0.25, -0.2) is 4.98 Å². The lowest BCUT2D eigenvalue weighted by Gasteiger charge is -2.07. The predicted octanol–water partition coefficient (Wildman–Crippen LogP) is 2.44. The molecule has 2 aromatic rings. The third-order valence-corrected chi connectivity index (χ3v) is 2.45. The molecule has 0 aromatic carbocycles. The van der Waals surface area contributed by atoms with Crippen LogP contribution >= 0.6 is 15.9 Å². The molecule has 0 amide bonds. The third-order valence-electron chi connectivity index (χ3n) is 2.01. The lowest BCUT2D eigenvalue weighted by atomic mass is 10.2. The van der Waals surface area contributed by atoms with Gasteiger partial charge in [0.05, 0.1) is 23.1 Å². The van der Waals surface area contributed by atoms with Crippen LogP contribution in [-0.2, 0) is 0 Å². The van der Waals surface area contributed by atoms with Gasteiger partial charge in [-0.05, 0) is 28.1 Å². The molecule has 0 saturated carbocycles. The van der Waals surface area contributed by atoms with E-state index in [0.29, 0.717) is 17.1 Å². The quantitative estimate of drug-likeness (QED) is 0.887. The molecule has 2 heterocycles. The van der Waals surface area contributed by atoms with Crippen LogP contribution in [0.25, 0.3) is 0 Å². The van der Waals surface area contributed by atoms with Crippen molar-refractivity contribution in [2.75, 3.05) is 11.1 Å². The number of nitrogens with one attached hydrogen (secondary N) is 1. The zero-order valence-corrected chi connectivity index (χ0v) is 10.3. The standard InChI is InChI=1S/C11H8BrN5/c12-8-2-9(6-15-5-8)17-11-10(14)1-7(3-13)4-16-11/h1-2,4-6H,14H2,(H,16,17). The Balaban J connectivity index is 2.28. The molecular formula is C11H8BrN5. The first-order valence-corrected chi connectivity index (χ1v) is 5.51. The third kappa shape index (κ3) is 2.71. The van der Waals surface area contributed by atoms with E-state index in [4.69, 9.17) is 11.0 Å². The molecule has 0 saturated heterocycles. The topological polar surface area (TPSA) is 87.6 Å². The highest BCUT2D eigenvalue weighted by Gasteiger charge is 2.03. The number of pyridine rings is 2. The van der Waals surface area contributed by atoms with Gasteiger partial charge in [0.15, 0.2) is 5.82 Å². The molecule has 6 heteroatoms. The maximum absolute atomic E-state index is 8.70. The molecule has 84 valence electrons. The van der Waals surface area contributed by atoms with Gasteiger partial charge in [-0.3, -0.25) is 4.98 Å². The molecule has 0 spiro atoms. The van der Waals surface area contributed by atoms with E-state index in [1.165, 1.54) is 6.20 Å². The van der Waals surface area contributed by atoms with Gasteiger partial charge in [0, 0.05) is 16.9 Å². The molecule has 0 bridgehead atoms. The molecule has 2 aromatic heterocycles. The minimum atomic E-state index is 0.420. The van der Waals surface area contributed by atoms with E-state index in [-0.39, 0.29) is 0 Å². The number of nitrogen functional groups attached to an aromatic ring is 1. The minimum Gasteiger partial charge on any atom is -0.396 e. The monoisotopic (exact) mass is 289 g/mol. The zero-order valence-electron chi connectivity index (χ0n) is 8.68. The first kappa shape index (κ1) is 11.4. The van der Waals surface area contributed by atoms with Crippen LogP contribution in [0.4, 0.5) is 17.2 Å². The molecule has 3 N–H and O–H groups in total. The normalized spacial score (nSPS) is 9.65. The van der Waals surface area contributed by atoms with Crippen molar-refractivity contribution in [2.45, 2.75) is 0 Å². The molecule has 17 heavy (non-hydrogen) atoms. The van der Waals surface area contributed by atoms with Crippen LogP contribution in [0.1, 0.15) is 5.56 Å². The number of nitrogens with zero attached hydrogens (tertiary/aromatic N) is 3. The first-order valence-electron chi connectivity index (χ1n) is 4.72. The summed E-state index contributed by atoms with van der Waals surface area (Å²) in [5, 5.41) is 11.7. The van der Waals surface area contributed by atoms with Gasteiger partial charge in [0.25, 0.3) is 0 Å². The first-order chi connectivity index (χ1) is 8.19. The lowest BCUT2D eigenvalue weighted by molar-refractivity contribution is 1.26. The maximum Gasteiger partial charge on any atom is 0.153 e. The number of halogens is 1. The maximum atomic E-state index is 8.70. The number of anilines is 3. The highest BCUT2D eigenvalue weighted by Crippen LogP contribution is 2.22. The molecule has 0 aliphatic rings. The van der Waals surface area contributed by atoms with Gasteiger partial charge in [-0.15, -0.1) is 0 Å². The van der Waals surface area contributed by atoms with Crippen molar-refractivity contribution in [3.63, 3.8) is 0 Å². The Hall–Kier alpha value is -2.13. The van der Waals surface area contributed by atoms with Crippen LogP contribution in [0.3, 0.4) is 0 Å². The van der Waals surface area contributed by atoms with Crippen LogP contribution in [0.5, 0.6) is 0 Å². The SMILES string of the molecule is N#Cc1cnc(Nc2cncc(Br)c2)c(N)c1. The fourth-order valence-corrected chi connectivity index (χ4v) is 1.63. The Labute approximate surface area is 106 Å². The summed E-state index contributed by atoms with van der Waals surface area (Å²) in [6, 6.07) is 5.40. The Morgan fingerprint density at radius 1 is 1.29 bits per heavy atom. The summed E-state index contributed by atoms with van der Waals surface area (Å²) in [6.45, 7) is 0. The zero-order chi connectivity index (χ0) is 12.3. The van der Waals surface area contributed by atoms with E-state index in [9.17, 15) is 0 Å². The molecule has 0 atom stereocenters. The molecule has 0 aliphatic carbocycles. The van der Waals surface area contributed by atoms with Crippen LogP contribution in [-0.4, -0.2) is 9.97 Å². The molecule has 0 unspecified atom stereocenters. The number of hydrogen-bond donors (Lipinski definition) is 2. The van der Waals surface area contributed by atoms with Crippen molar-refractivity contribution in [1.29, 1.82) is 5.26 Å². The molecule has 5 nitrogen and oxygen atoms in total. The summed E-state index contributed by atoms with van der Waals surface area (Å²) in [6.07, 6.45) is 4.80. The number of aromatic nitrogens is 2. The summed E-state index contributed by atoms with van der Waals surface area (Å²) >= 11 is 3.32. The summed E-state index contributed by atoms with van der Waals surface area (Å²) in [5.41, 5.74) is 7.39. The second-order valence-electron chi connectivity index (χ2n) is 3.29. The fraction of sp³-hybridized carbons (Fsp3) is 0. The van der Waals surface area contributed by atoms with E-state index < -0.39 is 0 Å². The summed E-state index contributed by atoms with van der Waals surface area (Å²) in [5.74, 6) is 0.504. The average Bonchev–Trinajstić information content (AvgIpc) is 2.32. The number of nitrogens with two attached hydrogens (primary N) is 1. The molecule has 0 aliphatic heterocycles. The van der Waals surface area contributed by atoms with Crippen LogP contribution in [0, 0.1) is 11.3 Å². The molecular weight excluding hydrogens is 282 g/mol. The van der Waals surface area contributed by atoms with Gasteiger partial charge in [0.2, 0.25) is 0 Å². The van der Waals surface area contributed by atoms with Crippen molar-refractivity contribution >= 4 is 33.1 Å². The Kier molecular flexibility index (Phi) is 3.21. The summed E-state index contributed by atoms with van der Waals surface area (Å²) < 4.78 is 0.856. The van der Waals surface area contributed by atoms with E-state index in [1.54, 1.807) is 18.5 Å². The van der Waals surface area contributed by atoms with Gasteiger partial charge < -0.3 is 11.1 Å². The van der Waals surface area contributed by atoms with Gasteiger partial charge in [0.1, 0.15) is 6.07 Å². The predicted molar refractivity (Wildman–Crippen MR) is 68.6 cm³/mol. The summed E-state index contributed by atoms with van der Waals surface area (Å²) in [4.78, 5) is 8.09. The number of hydrogen-bond acceptors (Lipinski definition) is 5. The van der Waals surface area contributed by atoms with Gasteiger partial charge >= 0.3 is 0 Å². The average molecular weight is 290 g/mol. The van der Waals surface area contributed by atoms with Crippen molar-refractivity contribution in [2.24, 2.45) is 0 Å². The second kappa shape index (κ2) is 4.80. The lowest BCUT2D eigenvalue weighted by Crippen LogP contribution is -2.00. The van der Waals surface area contributed by atoms with Crippen LogP contribution < -0.4 is 11.1 Å². The van der Waals surface area contributed by atoms with Gasteiger partial charge in [-0.1, -0.05) is 0 Å². The Morgan fingerprint density at radius 2 is 2.12 bits per heavy atom. The van der Waals surface area contributed by atoms with Crippen molar-refractivity contribution in [1.82, 2.24) is 9.97 Å². The van der Waals surface area contributed by atoms with E-state index in [1.807, 2.05) is 12.1 Å². The summed E-state index contributed by atoms with van der Waals surface area (Å²) in [7, 11) is 0. The van der Waals surface area contributed by atoms with E-state index in [2.05, 4.69) is 31.2 Å². The number of rotatable bonds is 2. The fourth-order valence-electron chi connectivity index (χ4n) is 1.26. The Bertz CT molecular complexity index is 591. The van der Waals surface area contributed by atoms with Crippen molar-refractivity contribution in [3.8, 4) is 6.07 Å². The van der Waals surface area contributed by atoms with Gasteiger partial charge in [-0.2, -0.15) is 5.26 Å². The van der Waals surface area contributed by atoms with Crippen molar-refractivity contribution < 1.29 is 0 Å². The highest BCUT2D eigenvalue weighted by atomic mass is 79.9. The largest absolute Gasteiger partial charge is 0.396 e. The Morgan fingerprint density at radius 3 is 2.76 bits per heavy atom. The van der Waals surface area contributed by atoms with Crippen LogP contribution in [0.2, 0.25) is 0 Å². The van der Waals surface area contributed by atoms with E-state index in [0.717, 1.165) is 10.2 Å². The van der Waals surface area contributed by atoms with Crippen molar-refractivity contribution in [3.05, 3.63) is 40.8 Å². The highest BCUT2D eigenvalue weighted by molar-refractivity contribution is 9.10. The van der Waals surface area contributed by atoms with E-state index >= 15 is 0 Å². The number of nitriles is 1. The second-order valence-corrected chi connectivity index (χ2v) is 4.21. The minimum absolute atomic E-state index is 0.420. The van der Waals surface area contributed by atoms with Crippen LogP contribution in [0.15, 0.2) is 35.2 Å². The molecule has 0 radical (unpaired) electrons. The smallest absolute Gasteiger partial charge is 0.153 e.